The number of piperazine rings is 2. The molecule has 1 N–H and O–H groups in total. The van der Waals surface area contributed by atoms with Crippen LogP contribution in [0.25, 0.3) is 16.6 Å². The van der Waals surface area contributed by atoms with Crippen LogP contribution in [0.1, 0.15) is 50.7 Å². The van der Waals surface area contributed by atoms with Crippen molar-refractivity contribution in [1.82, 2.24) is 29.2 Å². The Kier molecular flexibility index (Phi) is 17.2. The molecule has 2 fully saturated rings. The van der Waals surface area contributed by atoms with Crippen molar-refractivity contribution in [2.75, 3.05) is 63.9 Å². The van der Waals surface area contributed by atoms with Crippen LogP contribution in [0.5, 0.6) is 17.2 Å². The van der Waals surface area contributed by atoms with Gasteiger partial charge in [0.05, 0.1) is 52.7 Å². The number of carbonyl (C=O) groups excluding carboxylic acids is 2. The molecule has 6 aromatic carbocycles. The molecule has 3 aliphatic rings. The van der Waals surface area contributed by atoms with Crippen LogP contribution in [0.3, 0.4) is 0 Å². The van der Waals surface area contributed by atoms with Gasteiger partial charge in [-0.2, -0.15) is 0 Å². The van der Waals surface area contributed by atoms with Crippen LogP contribution < -0.4 is 19.9 Å². The summed E-state index contributed by atoms with van der Waals surface area (Å²) < 4.78 is 18.9. The molecule has 2 atom stereocenters. The van der Waals surface area contributed by atoms with E-state index in [1.54, 1.807) is 82.6 Å². The number of carbonyl (C=O) groups is 2. The molecule has 7 aromatic rings. The van der Waals surface area contributed by atoms with Crippen LogP contribution in [-0.4, -0.2) is 123 Å². The van der Waals surface area contributed by atoms with Crippen molar-refractivity contribution in [3.8, 4) is 22.9 Å². The van der Waals surface area contributed by atoms with E-state index >= 15 is 0 Å². The van der Waals surface area contributed by atoms with E-state index in [1.165, 1.54) is 10.1 Å². The summed E-state index contributed by atoms with van der Waals surface area (Å²) in [6.07, 6.45) is -0.226. The van der Waals surface area contributed by atoms with Crippen molar-refractivity contribution in [3.63, 3.8) is 0 Å². The van der Waals surface area contributed by atoms with Gasteiger partial charge in [0.2, 0.25) is 0 Å². The Bertz CT molecular complexity index is 3230. The number of ether oxygens (including phenoxy) is 3. The van der Waals surface area contributed by atoms with Gasteiger partial charge in [0.25, 0.3) is 11.5 Å². The normalized spacial score (nSPS) is 15.8. The third kappa shape index (κ3) is 12.6. The number of aromatic nitrogens is 2. The van der Waals surface area contributed by atoms with Crippen molar-refractivity contribution < 1.29 is 28.9 Å². The summed E-state index contributed by atoms with van der Waals surface area (Å²) >= 11 is 11.8. The lowest BCUT2D eigenvalue weighted by Gasteiger charge is -2.41. The van der Waals surface area contributed by atoms with Gasteiger partial charge in [0.1, 0.15) is 35.5 Å². The molecule has 0 radical (unpaired) electrons. The highest BCUT2D eigenvalue weighted by Gasteiger charge is 2.34. The first-order valence-corrected chi connectivity index (χ1v) is 26.4. The zero-order valence-electron chi connectivity index (χ0n) is 43.1. The molecule has 15 nitrogen and oxygen atoms in total. The van der Waals surface area contributed by atoms with Crippen molar-refractivity contribution in [1.29, 1.82) is 0 Å². The summed E-state index contributed by atoms with van der Waals surface area (Å²) in [7, 11) is 0. The van der Waals surface area contributed by atoms with Crippen LogP contribution in [0.15, 0.2) is 155 Å². The molecule has 2 amide bonds. The summed E-state index contributed by atoms with van der Waals surface area (Å²) in [4.78, 5) is 59.4. The van der Waals surface area contributed by atoms with Gasteiger partial charge in [0, 0.05) is 62.4 Å². The smallest absolute Gasteiger partial charge is 0.410 e. The van der Waals surface area contributed by atoms with E-state index in [-0.39, 0.29) is 54.7 Å². The van der Waals surface area contributed by atoms with Gasteiger partial charge in [-0.05, 0) is 118 Å². The van der Waals surface area contributed by atoms with Gasteiger partial charge < -0.3 is 34.0 Å². The number of anilines is 1. The molecular weight excluding hydrogens is 1000 g/mol. The van der Waals surface area contributed by atoms with Gasteiger partial charge in [-0.15, -0.1) is 0 Å². The molecule has 0 bridgehead atoms. The molecule has 4 heterocycles. The number of phenols is 1. The lowest BCUT2D eigenvalue weighted by molar-refractivity contribution is -0.135. The number of aromatic hydroxyl groups is 1. The number of para-hydroxylation sites is 6. The Labute approximate surface area is 453 Å². The van der Waals surface area contributed by atoms with Gasteiger partial charge in [-0.1, -0.05) is 89.9 Å². The first kappa shape index (κ1) is 53.4. The molecule has 3 aliphatic heterocycles. The minimum Gasteiger partial charge on any atom is -0.506 e. The minimum atomic E-state index is -0.289. The first-order chi connectivity index (χ1) is 36.8. The number of hydrogen-bond acceptors (Lipinski definition) is 12. The number of nitrogens with zero attached hydrogens (tertiary/aromatic N) is 8. The summed E-state index contributed by atoms with van der Waals surface area (Å²) in [5, 5.41) is 12.3. The van der Waals surface area contributed by atoms with Crippen LogP contribution >= 0.6 is 23.2 Å². The predicted octanol–water partition coefficient (Wildman–Crippen LogP) is 10.5. The minimum absolute atomic E-state index is 0.00577. The number of aliphatic imine (C=N–C) groups is 1. The van der Waals surface area contributed by atoms with E-state index in [1.807, 2.05) is 69.3 Å². The second-order valence-corrected chi connectivity index (χ2v) is 20.0. The third-order valence-electron chi connectivity index (χ3n) is 13.8. The molecule has 2 saturated heterocycles. The lowest BCUT2D eigenvalue weighted by atomic mass is 10.1. The molecule has 0 spiro atoms. The standard InChI is InChI=1S/C31H35ClN4O3.C28H27ClN4O4/c1-22(2)39-29-11-7-6-10-28(29)36-20-25-8-4-5-9-27(25)33-30(36)23(3)34-16-18-35(19-17-34)31(37)38-21-24-12-14-26(32)15-13-24;1-19(31-14-16-32(17-15-31)26(35)18-37-21-12-10-20(29)11-13-21)27-30-23-7-3-2-6-22(23)28(36)33(27)24-8-4-5-9-25(24)34/h4-15,22-23H,16-21H2,1-3H3;2-13,19,34H,14-18H2,1H3. The van der Waals surface area contributed by atoms with Crippen LogP contribution in [0, 0.1) is 0 Å². The van der Waals surface area contributed by atoms with Crippen LogP contribution in [0.2, 0.25) is 10.0 Å². The SMILES string of the molecule is CC(C)Oc1ccccc1N1Cc2ccccc2N=C1C(C)N1CCN(C(=O)OCc2ccc(Cl)cc2)CC1.CC(c1nc2ccccc2c(=O)n1-c1ccccc1O)N1CCN(C(=O)COc2ccc(Cl)cc2)CC1. The fourth-order valence-electron chi connectivity index (χ4n) is 9.63. The number of rotatable bonds is 13. The highest BCUT2D eigenvalue weighted by atomic mass is 35.5. The maximum Gasteiger partial charge on any atom is 0.410 e. The fourth-order valence-corrected chi connectivity index (χ4v) is 9.88. The third-order valence-corrected chi connectivity index (χ3v) is 14.3. The average molecular weight is 1070 g/mol. The van der Waals surface area contributed by atoms with Gasteiger partial charge in [-0.25, -0.2) is 14.8 Å². The zero-order valence-corrected chi connectivity index (χ0v) is 44.6. The number of amides is 2. The molecule has 394 valence electrons. The monoisotopic (exact) mass is 1060 g/mol. The quantitative estimate of drug-likeness (QED) is 0.118. The number of fused-ring (bicyclic) bond motifs is 2. The van der Waals surface area contributed by atoms with Gasteiger partial charge in [-0.3, -0.25) is 24.0 Å². The summed E-state index contributed by atoms with van der Waals surface area (Å²) in [6.45, 7) is 14.1. The Morgan fingerprint density at radius 3 is 1.95 bits per heavy atom. The number of amidine groups is 1. The number of benzene rings is 6. The highest BCUT2D eigenvalue weighted by Crippen LogP contribution is 2.37. The van der Waals surface area contributed by atoms with Crippen molar-refractivity contribution in [2.45, 2.75) is 59.0 Å². The van der Waals surface area contributed by atoms with E-state index in [0.29, 0.717) is 77.5 Å². The van der Waals surface area contributed by atoms with Crippen molar-refractivity contribution >= 4 is 63.3 Å². The number of hydrogen-bond donors (Lipinski definition) is 1. The summed E-state index contributed by atoms with van der Waals surface area (Å²) in [5.74, 6) is 2.88. The fraction of sp³-hybridized carbons (Fsp3) is 0.305. The Balaban J connectivity index is 0.000000186. The molecule has 2 unspecified atom stereocenters. The first-order valence-electron chi connectivity index (χ1n) is 25.6. The second kappa shape index (κ2) is 24.5. The Morgan fingerprint density at radius 1 is 0.658 bits per heavy atom. The van der Waals surface area contributed by atoms with E-state index in [9.17, 15) is 19.5 Å². The Hall–Kier alpha value is -7.43. The summed E-state index contributed by atoms with van der Waals surface area (Å²) in [5.41, 5.74) is 4.87. The van der Waals surface area contributed by atoms with Gasteiger partial charge in [0.15, 0.2) is 6.61 Å². The molecule has 17 heteroatoms. The van der Waals surface area contributed by atoms with E-state index in [4.69, 9.17) is 47.4 Å². The van der Waals surface area contributed by atoms with Crippen molar-refractivity contribution in [2.24, 2.45) is 4.99 Å². The Morgan fingerprint density at radius 2 is 1.25 bits per heavy atom. The largest absolute Gasteiger partial charge is 0.506 e. The van der Waals surface area contributed by atoms with Crippen LogP contribution in [0.4, 0.5) is 16.2 Å². The van der Waals surface area contributed by atoms with E-state index in [2.05, 4.69) is 45.9 Å². The maximum atomic E-state index is 13.6. The summed E-state index contributed by atoms with van der Waals surface area (Å²) in [6, 6.07) is 44.5. The average Bonchev–Trinajstić information content (AvgIpc) is 3.44. The van der Waals surface area contributed by atoms with E-state index < -0.39 is 0 Å². The lowest BCUT2D eigenvalue weighted by Crippen LogP contribution is -2.56. The molecule has 0 aliphatic carbocycles. The second-order valence-electron chi connectivity index (χ2n) is 19.2. The maximum absolute atomic E-state index is 13.6. The topological polar surface area (TPSA) is 146 Å². The van der Waals surface area contributed by atoms with E-state index in [0.717, 1.165) is 48.2 Å². The van der Waals surface area contributed by atoms with Crippen molar-refractivity contribution in [3.05, 3.63) is 183 Å². The van der Waals surface area contributed by atoms with Crippen LogP contribution in [-0.2, 0) is 22.7 Å². The molecular formula is C59H62Cl2N8O7. The molecule has 10 rings (SSSR count). The molecule has 0 saturated carbocycles. The number of phenolic OH excluding ortho intramolecular Hbond substituents is 1. The predicted molar refractivity (Wildman–Crippen MR) is 299 cm³/mol. The molecule has 1 aromatic heterocycles. The van der Waals surface area contributed by atoms with Gasteiger partial charge >= 0.3 is 6.09 Å². The zero-order chi connectivity index (χ0) is 53.3. The number of halogens is 2. The molecule has 76 heavy (non-hydrogen) atoms. The highest BCUT2D eigenvalue weighted by molar-refractivity contribution is 6.30.